The zero-order chi connectivity index (χ0) is 9.14. The summed E-state index contributed by atoms with van der Waals surface area (Å²) in [5.41, 5.74) is 0. The van der Waals surface area contributed by atoms with Crippen molar-refractivity contribution in [1.29, 1.82) is 0 Å². The maximum atomic E-state index is 5.91. The van der Waals surface area contributed by atoms with Crippen molar-refractivity contribution in [3.8, 4) is 5.75 Å². The maximum Gasteiger partial charge on any atom is 0.121 e. The number of rotatable bonds is 2. The van der Waals surface area contributed by atoms with Crippen molar-refractivity contribution < 1.29 is 4.74 Å². The third kappa shape index (κ3) is 2.83. The van der Waals surface area contributed by atoms with Crippen LogP contribution in [0.1, 0.15) is 13.8 Å². The van der Waals surface area contributed by atoms with Gasteiger partial charge >= 0.3 is 0 Å². The molecule has 1 aromatic carbocycles. The summed E-state index contributed by atoms with van der Waals surface area (Å²) in [6.07, 6.45) is 0.195. The molecule has 1 nitrogen and oxygen atoms in total. The van der Waals surface area contributed by atoms with Crippen LogP contribution in [0, 0.1) is 3.57 Å². The minimum atomic E-state index is 0.195. The lowest BCUT2D eigenvalue weighted by molar-refractivity contribution is 0.242. The second-order valence-electron chi connectivity index (χ2n) is 2.74. The van der Waals surface area contributed by atoms with Gasteiger partial charge in [-0.3, -0.25) is 0 Å². The Balaban J connectivity index is 2.82. The Hall–Kier alpha value is 0.0400. The lowest BCUT2D eigenvalue weighted by Crippen LogP contribution is -2.05. The molecule has 0 heterocycles. The van der Waals surface area contributed by atoms with Gasteiger partial charge < -0.3 is 4.74 Å². The van der Waals surface area contributed by atoms with E-state index in [1.165, 1.54) is 0 Å². The Bertz CT molecular complexity index is 273. The number of hydrogen-bond donors (Lipinski definition) is 0. The maximum absolute atomic E-state index is 5.91. The highest BCUT2D eigenvalue weighted by molar-refractivity contribution is 14.1. The lowest BCUT2D eigenvalue weighted by Gasteiger charge is -2.09. The molecule has 0 amide bonds. The van der Waals surface area contributed by atoms with E-state index in [0.717, 1.165) is 14.3 Å². The Labute approximate surface area is 91.2 Å². The minimum absolute atomic E-state index is 0.195. The van der Waals surface area contributed by atoms with Gasteiger partial charge in [-0.15, -0.1) is 0 Å². The molecule has 0 aliphatic carbocycles. The van der Waals surface area contributed by atoms with Crippen LogP contribution in [-0.2, 0) is 0 Å². The summed E-state index contributed by atoms with van der Waals surface area (Å²) in [6.45, 7) is 3.98. The van der Waals surface area contributed by atoms with Crippen molar-refractivity contribution in [1.82, 2.24) is 0 Å². The summed E-state index contributed by atoms with van der Waals surface area (Å²) in [6, 6.07) is 5.71. The lowest BCUT2D eigenvalue weighted by atomic mass is 10.3. The molecule has 0 bridgehead atoms. The summed E-state index contributed by atoms with van der Waals surface area (Å²) in [5.74, 6) is 0.829. The quantitative estimate of drug-likeness (QED) is 0.756. The molecular formula is C9H10ClIO. The highest BCUT2D eigenvalue weighted by Gasteiger charge is 2.00. The number of halogens is 2. The fraction of sp³-hybridized carbons (Fsp3) is 0.333. The van der Waals surface area contributed by atoms with Gasteiger partial charge in [0.25, 0.3) is 0 Å². The topological polar surface area (TPSA) is 9.23 Å². The van der Waals surface area contributed by atoms with Crippen molar-refractivity contribution in [3.63, 3.8) is 0 Å². The highest BCUT2D eigenvalue weighted by atomic mass is 127. The second kappa shape index (κ2) is 4.33. The van der Waals surface area contributed by atoms with Gasteiger partial charge in [0.15, 0.2) is 0 Å². The van der Waals surface area contributed by atoms with Crippen LogP contribution in [-0.4, -0.2) is 6.10 Å². The van der Waals surface area contributed by atoms with Gasteiger partial charge in [-0.25, -0.2) is 0 Å². The van der Waals surface area contributed by atoms with Crippen LogP contribution < -0.4 is 4.74 Å². The zero-order valence-corrected chi connectivity index (χ0v) is 9.89. The van der Waals surface area contributed by atoms with Crippen LogP contribution >= 0.6 is 34.2 Å². The van der Waals surface area contributed by atoms with E-state index in [2.05, 4.69) is 22.6 Å². The van der Waals surface area contributed by atoms with Gasteiger partial charge in [0.05, 0.1) is 11.1 Å². The molecule has 0 aromatic heterocycles. The van der Waals surface area contributed by atoms with E-state index < -0.39 is 0 Å². The molecule has 0 aliphatic heterocycles. The van der Waals surface area contributed by atoms with Crippen molar-refractivity contribution in [2.24, 2.45) is 0 Å². The first kappa shape index (κ1) is 10.1. The van der Waals surface area contributed by atoms with Gasteiger partial charge in [0.2, 0.25) is 0 Å². The van der Waals surface area contributed by atoms with E-state index in [0.29, 0.717) is 0 Å². The van der Waals surface area contributed by atoms with Gasteiger partial charge in [0, 0.05) is 3.57 Å². The Morgan fingerprint density at radius 2 is 2.08 bits per heavy atom. The van der Waals surface area contributed by atoms with Gasteiger partial charge in [-0.2, -0.15) is 0 Å². The van der Waals surface area contributed by atoms with E-state index >= 15 is 0 Å². The second-order valence-corrected chi connectivity index (χ2v) is 4.31. The number of hydrogen-bond acceptors (Lipinski definition) is 1. The van der Waals surface area contributed by atoms with Crippen LogP contribution in [0.5, 0.6) is 5.75 Å². The van der Waals surface area contributed by atoms with Gasteiger partial charge in [-0.05, 0) is 54.6 Å². The zero-order valence-electron chi connectivity index (χ0n) is 6.97. The summed E-state index contributed by atoms with van der Waals surface area (Å²) in [5, 5.41) is 0.744. The molecular weight excluding hydrogens is 286 g/mol. The summed E-state index contributed by atoms with van der Waals surface area (Å²) < 4.78 is 6.51. The fourth-order valence-electron chi connectivity index (χ4n) is 0.822. The van der Waals surface area contributed by atoms with E-state index in [4.69, 9.17) is 16.3 Å². The van der Waals surface area contributed by atoms with Crippen LogP contribution in [0.4, 0.5) is 0 Å². The first-order chi connectivity index (χ1) is 5.59. The molecule has 0 spiro atoms. The molecule has 0 fully saturated rings. The molecule has 0 N–H and O–H groups in total. The molecule has 0 aliphatic rings. The third-order valence-electron chi connectivity index (χ3n) is 1.26. The molecule has 0 saturated carbocycles. The number of benzene rings is 1. The summed E-state index contributed by atoms with van der Waals surface area (Å²) in [7, 11) is 0. The highest BCUT2D eigenvalue weighted by Crippen LogP contribution is 2.24. The van der Waals surface area contributed by atoms with Crippen molar-refractivity contribution in [3.05, 3.63) is 26.8 Å². The molecule has 1 aromatic rings. The van der Waals surface area contributed by atoms with Gasteiger partial charge in [-0.1, -0.05) is 11.6 Å². The molecule has 0 atom stereocenters. The standard InChI is InChI=1S/C9H10ClIO/c1-6(2)12-7-3-4-9(11)8(10)5-7/h3-6H,1-2H3. The third-order valence-corrected chi connectivity index (χ3v) is 2.84. The van der Waals surface area contributed by atoms with Crippen LogP contribution in [0.3, 0.4) is 0 Å². The Morgan fingerprint density at radius 1 is 1.42 bits per heavy atom. The normalized spacial score (nSPS) is 10.4. The van der Waals surface area contributed by atoms with Crippen molar-refractivity contribution in [2.45, 2.75) is 20.0 Å². The monoisotopic (exact) mass is 296 g/mol. The Kier molecular flexibility index (Phi) is 3.65. The molecule has 3 heteroatoms. The minimum Gasteiger partial charge on any atom is -0.491 e. The van der Waals surface area contributed by atoms with Gasteiger partial charge in [0.1, 0.15) is 5.75 Å². The largest absolute Gasteiger partial charge is 0.491 e. The number of ether oxygens (including phenoxy) is 1. The van der Waals surface area contributed by atoms with E-state index in [-0.39, 0.29) is 6.10 Å². The van der Waals surface area contributed by atoms with E-state index in [9.17, 15) is 0 Å². The Morgan fingerprint density at radius 3 is 2.58 bits per heavy atom. The predicted molar refractivity (Wildman–Crippen MR) is 59.9 cm³/mol. The van der Waals surface area contributed by atoms with Crippen molar-refractivity contribution in [2.75, 3.05) is 0 Å². The summed E-state index contributed by atoms with van der Waals surface area (Å²) in [4.78, 5) is 0. The molecule has 0 unspecified atom stereocenters. The smallest absolute Gasteiger partial charge is 0.121 e. The van der Waals surface area contributed by atoms with Crippen LogP contribution in [0.2, 0.25) is 5.02 Å². The molecule has 12 heavy (non-hydrogen) atoms. The fourth-order valence-corrected chi connectivity index (χ4v) is 1.33. The van der Waals surface area contributed by atoms with Crippen molar-refractivity contribution >= 4 is 34.2 Å². The van der Waals surface area contributed by atoms with Crippen LogP contribution in [0.25, 0.3) is 0 Å². The first-order valence-electron chi connectivity index (χ1n) is 3.71. The summed E-state index contributed by atoms with van der Waals surface area (Å²) >= 11 is 8.10. The molecule has 66 valence electrons. The predicted octanol–water partition coefficient (Wildman–Crippen LogP) is 3.73. The average Bonchev–Trinajstić information content (AvgIpc) is 1.96. The average molecular weight is 297 g/mol. The van der Waals surface area contributed by atoms with E-state index in [1.54, 1.807) is 0 Å². The molecule has 0 radical (unpaired) electrons. The molecule has 1 rings (SSSR count). The van der Waals surface area contributed by atoms with E-state index in [1.807, 2.05) is 32.0 Å². The SMILES string of the molecule is CC(C)Oc1ccc(I)c(Cl)c1. The first-order valence-corrected chi connectivity index (χ1v) is 5.17. The molecule has 0 saturated heterocycles. The van der Waals surface area contributed by atoms with Crippen LogP contribution in [0.15, 0.2) is 18.2 Å².